The van der Waals surface area contributed by atoms with Gasteiger partial charge in [0.2, 0.25) is 5.91 Å². The first kappa shape index (κ1) is 17.4. The second kappa shape index (κ2) is 8.56. The van der Waals surface area contributed by atoms with E-state index in [4.69, 9.17) is 15.6 Å². The van der Waals surface area contributed by atoms with Gasteiger partial charge in [-0.3, -0.25) is 4.79 Å². The number of likely N-dealkylation sites (tertiary alicyclic amines) is 1. The summed E-state index contributed by atoms with van der Waals surface area (Å²) in [7, 11) is -3.21. The van der Waals surface area contributed by atoms with Gasteiger partial charge >= 0.3 is 0 Å². The van der Waals surface area contributed by atoms with Gasteiger partial charge in [-0.1, -0.05) is 0 Å². The maximum Gasteiger partial charge on any atom is 0.218 e. The summed E-state index contributed by atoms with van der Waals surface area (Å²) in [4.78, 5) is 12.7. The highest BCUT2D eigenvalue weighted by atomic mass is 32.2. The molecule has 7 nitrogen and oxygen atoms in total. The van der Waals surface area contributed by atoms with E-state index in [9.17, 15) is 13.2 Å². The summed E-state index contributed by atoms with van der Waals surface area (Å²) in [6.45, 7) is 2.45. The number of sulfone groups is 1. The van der Waals surface area contributed by atoms with Gasteiger partial charge in [0.25, 0.3) is 0 Å². The average molecular weight is 308 g/mol. The minimum absolute atomic E-state index is 0.0261. The number of rotatable bonds is 9. The summed E-state index contributed by atoms with van der Waals surface area (Å²) in [6, 6.07) is 0. The van der Waals surface area contributed by atoms with Gasteiger partial charge in [-0.15, -0.1) is 0 Å². The Bertz CT molecular complexity index is 391. The fraction of sp³-hybridized carbons (Fsp3) is 0.917. The summed E-state index contributed by atoms with van der Waals surface area (Å²) in [5, 5.41) is 8.68. The Labute approximate surface area is 120 Å². The minimum Gasteiger partial charge on any atom is -0.394 e. The number of carbonyl (C=O) groups excluding carboxylic acids is 1. The molecule has 1 amide bonds. The minimum atomic E-state index is -3.21. The first-order chi connectivity index (χ1) is 9.43. The number of hydrogen-bond acceptors (Lipinski definition) is 6. The molecule has 0 aromatic rings. The number of amides is 1. The Kier molecular flexibility index (Phi) is 7.42. The van der Waals surface area contributed by atoms with Crippen LogP contribution in [-0.4, -0.2) is 74.8 Å². The summed E-state index contributed by atoms with van der Waals surface area (Å²) in [5.74, 6) is -0.698. The van der Waals surface area contributed by atoms with Crippen molar-refractivity contribution in [3.05, 3.63) is 0 Å². The molecule has 1 saturated heterocycles. The average Bonchev–Trinajstić information content (AvgIpc) is 2.42. The molecule has 3 N–H and O–H groups in total. The molecule has 118 valence electrons. The number of aliphatic hydroxyl groups excluding tert-OH is 1. The molecule has 0 atom stereocenters. The van der Waals surface area contributed by atoms with Gasteiger partial charge in [0.15, 0.2) is 9.84 Å². The summed E-state index contributed by atoms with van der Waals surface area (Å²) in [5.41, 5.74) is 4.95. The van der Waals surface area contributed by atoms with Crippen LogP contribution in [0.2, 0.25) is 0 Å². The van der Waals surface area contributed by atoms with Gasteiger partial charge in [-0.2, -0.15) is 0 Å². The van der Waals surface area contributed by atoms with Gasteiger partial charge in [-0.05, 0) is 12.8 Å². The topological polar surface area (TPSA) is 110 Å². The molecule has 0 bridgehead atoms. The molecule has 0 unspecified atom stereocenters. The van der Waals surface area contributed by atoms with Crippen molar-refractivity contribution in [1.29, 1.82) is 0 Å². The number of primary amides is 1. The van der Waals surface area contributed by atoms with Crippen LogP contribution in [-0.2, 0) is 19.4 Å². The molecule has 20 heavy (non-hydrogen) atoms. The zero-order chi connectivity index (χ0) is 15.0. The van der Waals surface area contributed by atoms with Crippen LogP contribution < -0.4 is 5.73 Å². The lowest BCUT2D eigenvalue weighted by atomic mass is 10.1. The molecule has 0 saturated carbocycles. The third-order valence-corrected chi connectivity index (χ3v) is 4.99. The standard InChI is InChI=1S/C12H24N2O5S/c13-12(16)3-9-20(17,18)10-6-14-4-1-11(2-5-14)19-8-7-15/h11,15H,1-10H2,(H2,13,16). The summed E-state index contributed by atoms with van der Waals surface area (Å²) in [6.07, 6.45) is 1.74. The molecule has 0 aliphatic carbocycles. The molecule has 0 aromatic carbocycles. The van der Waals surface area contributed by atoms with Crippen LogP contribution in [0.3, 0.4) is 0 Å². The van der Waals surface area contributed by atoms with E-state index in [0.29, 0.717) is 13.2 Å². The second-order valence-electron chi connectivity index (χ2n) is 5.00. The van der Waals surface area contributed by atoms with E-state index in [0.717, 1.165) is 25.9 Å². The molecule has 0 radical (unpaired) electrons. The molecule has 8 heteroatoms. The monoisotopic (exact) mass is 308 g/mol. The quantitative estimate of drug-likeness (QED) is 0.551. The van der Waals surface area contributed by atoms with Gasteiger partial charge in [0, 0.05) is 26.1 Å². The molecule has 1 aliphatic rings. The maximum atomic E-state index is 11.7. The van der Waals surface area contributed by atoms with Crippen LogP contribution in [0.25, 0.3) is 0 Å². The molecular formula is C12H24N2O5S. The number of piperidine rings is 1. The van der Waals surface area contributed by atoms with Crippen LogP contribution in [0.1, 0.15) is 19.3 Å². The lowest BCUT2D eigenvalue weighted by Crippen LogP contribution is -2.40. The van der Waals surface area contributed by atoms with Gasteiger partial charge < -0.3 is 20.5 Å². The molecule has 0 aromatic heterocycles. The Balaban J connectivity index is 2.22. The highest BCUT2D eigenvalue weighted by Gasteiger charge is 2.21. The lowest BCUT2D eigenvalue weighted by Gasteiger charge is -2.31. The number of nitrogens with two attached hydrogens (primary N) is 1. The molecule has 1 rings (SSSR count). The predicted molar refractivity (Wildman–Crippen MR) is 75.0 cm³/mol. The van der Waals surface area contributed by atoms with E-state index in [1.54, 1.807) is 0 Å². The van der Waals surface area contributed by atoms with E-state index in [-0.39, 0.29) is 30.6 Å². The van der Waals surface area contributed by atoms with Crippen LogP contribution in [0.15, 0.2) is 0 Å². The first-order valence-corrected chi connectivity index (χ1v) is 8.68. The fourth-order valence-electron chi connectivity index (χ4n) is 2.15. The normalized spacial score (nSPS) is 18.2. The number of carbonyl (C=O) groups is 1. The molecule has 1 aliphatic heterocycles. The maximum absolute atomic E-state index is 11.7. The van der Waals surface area contributed by atoms with Gasteiger partial charge in [-0.25, -0.2) is 8.42 Å². The van der Waals surface area contributed by atoms with Gasteiger partial charge in [0.05, 0.1) is 30.8 Å². The highest BCUT2D eigenvalue weighted by molar-refractivity contribution is 7.91. The van der Waals surface area contributed by atoms with Crippen LogP contribution >= 0.6 is 0 Å². The highest BCUT2D eigenvalue weighted by Crippen LogP contribution is 2.13. The SMILES string of the molecule is NC(=O)CCS(=O)(=O)CCN1CCC(OCCO)CC1. The van der Waals surface area contributed by atoms with Crippen LogP contribution in [0, 0.1) is 0 Å². The van der Waals surface area contributed by atoms with E-state index in [1.807, 2.05) is 0 Å². The molecular weight excluding hydrogens is 284 g/mol. The predicted octanol–water partition coefficient (Wildman–Crippen LogP) is -1.25. The summed E-state index contributed by atoms with van der Waals surface area (Å²) < 4.78 is 28.8. The lowest BCUT2D eigenvalue weighted by molar-refractivity contribution is -0.117. The largest absolute Gasteiger partial charge is 0.394 e. The van der Waals surface area contributed by atoms with E-state index < -0.39 is 15.7 Å². The van der Waals surface area contributed by atoms with Crippen LogP contribution in [0.4, 0.5) is 0 Å². The van der Waals surface area contributed by atoms with Crippen molar-refractivity contribution in [1.82, 2.24) is 4.90 Å². The van der Waals surface area contributed by atoms with Gasteiger partial charge in [0.1, 0.15) is 0 Å². The van der Waals surface area contributed by atoms with Crippen molar-refractivity contribution in [2.24, 2.45) is 5.73 Å². The van der Waals surface area contributed by atoms with Crippen molar-refractivity contribution in [3.8, 4) is 0 Å². The number of ether oxygens (including phenoxy) is 1. The molecule has 1 heterocycles. The number of hydrogen-bond donors (Lipinski definition) is 2. The fourth-order valence-corrected chi connectivity index (χ4v) is 3.40. The van der Waals surface area contributed by atoms with Crippen molar-refractivity contribution in [3.63, 3.8) is 0 Å². The van der Waals surface area contributed by atoms with Crippen molar-refractivity contribution < 1.29 is 23.1 Å². The smallest absolute Gasteiger partial charge is 0.218 e. The summed E-state index contributed by atoms with van der Waals surface area (Å²) >= 11 is 0. The number of aliphatic hydroxyl groups is 1. The van der Waals surface area contributed by atoms with Crippen LogP contribution in [0.5, 0.6) is 0 Å². The van der Waals surface area contributed by atoms with Crippen molar-refractivity contribution >= 4 is 15.7 Å². The Morgan fingerprint density at radius 1 is 1.30 bits per heavy atom. The third kappa shape index (κ3) is 7.18. The molecule has 0 spiro atoms. The Hall–Kier alpha value is -0.700. The third-order valence-electron chi connectivity index (χ3n) is 3.36. The number of nitrogens with zero attached hydrogens (tertiary/aromatic N) is 1. The van der Waals surface area contributed by atoms with Crippen molar-refractivity contribution in [2.45, 2.75) is 25.4 Å². The van der Waals surface area contributed by atoms with Crippen molar-refractivity contribution in [2.75, 3.05) is 44.4 Å². The Morgan fingerprint density at radius 2 is 1.95 bits per heavy atom. The first-order valence-electron chi connectivity index (χ1n) is 6.86. The Morgan fingerprint density at radius 3 is 2.50 bits per heavy atom. The van der Waals surface area contributed by atoms with E-state index >= 15 is 0 Å². The van der Waals surface area contributed by atoms with E-state index in [2.05, 4.69) is 4.90 Å². The van der Waals surface area contributed by atoms with E-state index in [1.165, 1.54) is 0 Å². The zero-order valence-corrected chi connectivity index (χ0v) is 12.5. The second-order valence-corrected chi connectivity index (χ2v) is 7.31. The zero-order valence-electron chi connectivity index (χ0n) is 11.7. The molecule has 1 fully saturated rings.